The van der Waals surface area contributed by atoms with Crippen molar-refractivity contribution >= 4 is 5.91 Å². The zero-order chi connectivity index (χ0) is 20.4. The zero-order valence-corrected chi connectivity index (χ0v) is 17.7. The van der Waals surface area contributed by atoms with E-state index in [9.17, 15) is 4.79 Å². The summed E-state index contributed by atoms with van der Waals surface area (Å²) in [6, 6.07) is 4.69. The van der Waals surface area contributed by atoms with Crippen molar-refractivity contribution in [2.75, 3.05) is 33.3 Å². The first-order valence-corrected chi connectivity index (χ1v) is 10.6. The van der Waals surface area contributed by atoms with Crippen molar-refractivity contribution in [1.29, 1.82) is 0 Å². The number of hydrogen-bond donors (Lipinski definition) is 0. The molecule has 156 valence electrons. The lowest BCUT2D eigenvalue weighted by atomic mass is 10.0. The van der Waals surface area contributed by atoms with E-state index in [1.165, 1.54) is 16.7 Å². The van der Waals surface area contributed by atoms with Crippen LogP contribution in [0.1, 0.15) is 58.9 Å². The van der Waals surface area contributed by atoms with Crippen LogP contribution in [0.4, 0.5) is 0 Å². The van der Waals surface area contributed by atoms with Crippen LogP contribution < -0.4 is 4.74 Å². The van der Waals surface area contributed by atoms with Crippen LogP contribution in [0.2, 0.25) is 0 Å². The summed E-state index contributed by atoms with van der Waals surface area (Å²) in [5.74, 6) is 0.979. The van der Waals surface area contributed by atoms with Gasteiger partial charge in [-0.05, 0) is 62.3 Å². The standard InChI is InChI=1S/C22H31N5O2/c1-16-13-21(29-3)17(2)12-18(16)14-25-10-6-19(7-11-25)27-15-20(23-24-27)22(28)26-8-4-5-9-26/h12-13,15,19H,4-11,14H2,1-3H3. The van der Waals surface area contributed by atoms with Gasteiger partial charge in [-0.1, -0.05) is 11.3 Å². The second-order valence-corrected chi connectivity index (χ2v) is 8.34. The van der Waals surface area contributed by atoms with E-state index in [1.807, 2.05) is 15.8 Å². The molecule has 1 aromatic heterocycles. The fourth-order valence-electron chi connectivity index (χ4n) is 4.46. The Morgan fingerprint density at radius 3 is 2.52 bits per heavy atom. The van der Waals surface area contributed by atoms with Crippen molar-refractivity contribution in [2.45, 2.75) is 52.1 Å². The Bertz CT molecular complexity index is 864. The van der Waals surface area contributed by atoms with Crippen LogP contribution in [0.3, 0.4) is 0 Å². The first-order valence-electron chi connectivity index (χ1n) is 10.6. The Kier molecular flexibility index (Phi) is 5.85. The lowest BCUT2D eigenvalue weighted by Crippen LogP contribution is -2.34. The maximum atomic E-state index is 12.5. The number of amides is 1. The van der Waals surface area contributed by atoms with E-state index in [-0.39, 0.29) is 5.91 Å². The van der Waals surface area contributed by atoms with Crippen LogP contribution in [0, 0.1) is 13.8 Å². The van der Waals surface area contributed by atoms with Gasteiger partial charge in [-0.15, -0.1) is 5.10 Å². The number of benzene rings is 1. The normalized spacial score (nSPS) is 18.4. The van der Waals surface area contributed by atoms with Crippen LogP contribution in [0.5, 0.6) is 5.75 Å². The highest BCUT2D eigenvalue weighted by atomic mass is 16.5. The van der Waals surface area contributed by atoms with Crippen molar-refractivity contribution in [3.05, 3.63) is 40.7 Å². The van der Waals surface area contributed by atoms with Gasteiger partial charge in [-0.2, -0.15) is 0 Å². The van der Waals surface area contributed by atoms with Gasteiger partial charge in [0.05, 0.1) is 19.3 Å². The van der Waals surface area contributed by atoms with E-state index in [0.717, 1.165) is 64.2 Å². The van der Waals surface area contributed by atoms with Gasteiger partial charge < -0.3 is 9.64 Å². The number of carbonyl (C=O) groups excluding carboxylic acids is 1. The Balaban J connectivity index is 1.34. The summed E-state index contributed by atoms with van der Waals surface area (Å²) in [6.45, 7) is 8.93. The molecule has 3 heterocycles. The lowest BCUT2D eigenvalue weighted by Gasteiger charge is -2.32. The number of aromatic nitrogens is 3. The number of hydrogen-bond acceptors (Lipinski definition) is 5. The fraction of sp³-hybridized carbons (Fsp3) is 0.591. The topological polar surface area (TPSA) is 63.5 Å². The smallest absolute Gasteiger partial charge is 0.276 e. The lowest BCUT2D eigenvalue weighted by molar-refractivity contribution is 0.0787. The first-order chi connectivity index (χ1) is 14.0. The number of piperidine rings is 1. The van der Waals surface area contributed by atoms with E-state index in [2.05, 4.69) is 41.2 Å². The largest absolute Gasteiger partial charge is 0.496 e. The van der Waals surface area contributed by atoms with Gasteiger partial charge in [0, 0.05) is 32.7 Å². The van der Waals surface area contributed by atoms with Gasteiger partial charge in [0.25, 0.3) is 5.91 Å². The van der Waals surface area contributed by atoms with Crippen LogP contribution in [0.15, 0.2) is 18.3 Å². The van der Waals surface area contributed by atoms with Crippen molar-refractivity contribution < 1.29 is 9.53 Å². The molecular formula is C22H31N5O2. The SMILES string of the molecule is COc1cc(C)c(CN2CCC(n3cc(C(=O)N4CCCC4)nn3)CC2)cc1C. The second-order valence-electron chi connectivity index (χ2n) is 8.34. The first kappa shape index (κ1) is 19.9. The average molecular weight is 398 g/mol. The maximum absolute atomic E-state index is 12.5. The molecule has 7 nitrogen and oxygen atoms in total. The van der Waals surface area contributed by atoms with E-state index in [4.69, 9.17) is 4.74 Å². The van der Waals surface area contributed by atoms with Gasteiger partial charge in [0.1, 0.15) is 5.75 Å². The Morgan fingerprint density at radius 2 is 1.83 bits per heavy atom. The highest BCUT2D eigenvalue weighted by Crippen LogP contribution is 2.27. The summed E-state index contributed by atoms with van der Waals surface area (Å²) >= 11 is 0. The van der Waals surface area contributed by atoms with Crippen molar-refractivity contribution in [3.63, 3.8) is 0 Å². The Hall–Kier alpha value is -2.41. The molecule has 0 atom stereocenters. The number of aryl methyl sites for hydroxylation is 2. The molecule has 0 radical (unpaired) electrons. The molecule has 1 amide bonds. The van der Waals surface area contributed by atoms with Gasteiger partial charge in [0.15, 0.2) is 5.69 Å². The molecule has 0 spiro atoms. The number of likely N-dealkylation sites (tertiary alicyclic amines) is 2. The van der Waals surface area contributed by atoms with Gasteiger partial charge >= 0.3 is 0 Å². The fourth-order valence-corrected chi connectivity index (χ4v) is 4.46. The third-order valence-corrected chi connectivity index (χ3v) is 6.30. The second kappa shape index (κ2) is 8.53. The zero-order valence-electron chi connectivity index (χ0n) is 17.7. The monoisotopic (exact) mass is 397 g/mol. The Labute approximate surface area is 172 Å². The molecular weight excluding hydrogens is 366 g/mol. The molecule has 29 heavy (non-hydrogen) atoms. The van der Waals surface area contributed by atoms with E-state index >= 15 is 0 Å². The predicted octanol–water partition coefficient (Wildman–Crippen LogP) is 2.98. The molecule has 0 saturated carbocycles. The summed E-state index contributed by atoms with van der Waals surface area (Å²) in [5, 5.41) is 8.43. The minimum Gasteiger partial charge on any atom is -0.496 e. The van der Waals surface area contributed by atoms with Gasteiger partial charge in [-0.3, -0.25) is 9.69 Å². The van der Waals surface area contributed by atoms with Crippen LogP contribution in [-0.2, 0) is 6.54 Å². The summed E-state index contributed by atoms with van der Waals surface area (Å²) in [6.07, 6.45) is 6.07. The number of carbonyl (C=O) groups is 1. The minimum absolute atomic E-state index is 0.0246. The molecule has 0 bridgehead atoms. The highest BCUT2D eigenvalue weighted by molar-refractivity contribution is 5.92. The number of rotatable bonds is 5. The van der Waals surface area contributed by atoms with E-state index in [1.54, 1.807) is 7.11 Å². The van der Waals surface area contributed by atoms with Gasteiger partial charge in [-0.25, -0.2) is 4.68 Å². The average Bonchev–Trinajstić information content (AvgIpc) is 3.43. The molecule has 4 rings (SSSR count). The third-order valence-electron chi connectivity index (χ3n) is 6.30. The van der Waals surface area contributed by atoms with E-state index in [0.29, 0.717) is 11.7 Å². The number of ether oxygens (including phenoxy) is 1. The molecule has 0 N–H and O–H groups in total. The molecule has 2 aromatic rings. The Morgan fingerprint density at radius 1 is 1.10 bits per heavy atom. The predicted molar refractivity (Wildman–Crippen MR) is 111 cm³/mol. The molecule has 2 aliphatic rings. The molecule has 2 saturated heterocycles. The van der Waals surface area contributed by atoms with Crippen molar-refractivity contribution in [1.82, 2.24) is 24.8 Å². The number of nitrogens with zero attached hydrogens (tertiary/aromatic N) is 5. The maximum Gasteiger partial charge on any atom is 0.276 e. The number of methoxy groups -OCH3 is 1. The molecule has 7 heteroatoms. The molecule has 1 aromatic carbocycles. The van der Waals surface area contributed by atoms with Gasteiger partial charge in [0.2, 0.25) is 0 Å². The molecule has 0 aliphatic carbocycles. The molecule has 2 fully saturated rings. The van der Waals surface area contributed by atoms with Crippen LogP contribution >= 0.6 is 0 Å². The van der Waals surface area contributed by atoms with Crippen molar-refractivity contribution in [2.24, 2.45) is 0 Å². The van der Waals surface area contributed by atoms with Crippen molar-refractivity contribution in [3.8, 4) is 5.75 Å². The summed E-state index contributed by atoms with van der Waals surface area (Å²) in [7, 11) is 1.72. The van der Waals surface area contributed by atoms with Crippen LogP contribution in [-0.4, -0.2) is 64.0 Å². The summed E-state index contributed by atoms with van der Waals surface area (Å²) < 4.78 is 7.34. The van der Waals surface area contributed by atoms with Crippen LogP contribution in [0.25, 0.3) is 0 Å². The third kappa shape index (κ3) is 4.29. The summed E-state index contributed by atoms with van der Waals surface area (Å²) in [4.78, 5) is 16.9. The molecule has 2 aliphatic heterocycles. The quantitative estimate of drug-likeness (QED) is 0.776. The minimum atomic E-state index is 0.0246. The summed E-state index contributed by atoms with van der Waals surface area (Å²) in [5.41, 5.74) is 4.30. The van der Waals surface area contributed by atoms with E-state index < -0.39 is 0 Å². The highest BCUT2D eigenvalue weighted by Gasteiger charge is 2.26. The molecule has 0 unspecified atom stereocenters.